The van der Waals surface area contributed by atoms with Crippen molar-refractivity contribution >= 4 is 39.8 Å². The van der Waals surface area contributed by atoms with Gasteiger partial charge in [-0.2, -0.15) is 5.10 Å². The highest BCUT2D eigenvalue weighted by molar-refractivity contribution is 14.1. The van der Waals surface area contributed by atoms with Crippen LogP contribution in [0, 0.1) is 3.57 Å². The molecule has 0 amide bonds. The van der Waals surface area contributed by atoms with Gasteiger partial charge in [0.1, 0.15) is 17.8 Å². The zero-order chi connectivity index (χ0) is 12.5. The minimum atomic E-state index is 0.586. The predicted molar refractivity (Wildman–Crippen MR) is 77.2 cm³/mol. The second-order valence-corrected chi connectivity index (χ2v) is 5.25. The molecule has 0 aliphatic rings. The van der Waals surface area contributed by atoms with E-state index < -0.39 is 0 Å². The van der Waals surface area contributed by atoms with Crippen LogP contribution in [-0.4, -0.2) is 14.6 Å². The van der Waals surface area contributed by atoms with E-state index in [2.05, 4.69) is 32.7 Å². The van der Waals surface area contributed by atoms with Crippen LogP contribution >= 0.6 is 34.2 Å². The number of ether oxygens (including phenoxy) is 1. The van der Waals surface area contributed by atoms with Crippen molar-refractivity contribution in [2.75, 3.05) is 0 Å². The fourth-order valence-electron chi connectivity index (χ4n) is 1.55. The lowest BCUT2D eigenvalue weighted by Crippen LogP contribution is -1.90. The maximum absolute atomic E-state index is 6.11. The Hall–Kier alpha value is -1.34. The van der Waals surface area contributed by atoms with E-state index in [9.17, 15) is 0 Å². The van der Waals surface area contributed by atoms with Crippen LogP contribution in [0.4, 0.5) is 0 Å². The van der Waals surface area contributed by atoms with E-state index >= 15 is 0 Å². The summed E-state index contributed by atoms with van der Waals surface area (Å²) in [6, 6.07) is 9.26. The van der Waals surface area contributed by atoms with Crippen molar-refractivity contribution in [3.63, 3.8) is 0 Å². The molecule has 0 N–H and O–H groups in total. The molecule has 0 bridgehead atoms. The molecule has 0 fully saturated rings. The van der Waals surface area contributed by atoms with E-state index in [-0.39, 0.29) is 0 Å². The van der Waals surface area contributed by atoms with Gasteiger partial charge in [0.05, 0.1) is 5.02 Å². The third kappa shape index (κ3) is 2.28. The summed E-state index contributed by atoms with van der Waals surface area (Å²) in [5, 5.41) is 4.61. The number of halogens is 2. The zero-order valence-electron chi connectivity index (χ0n) is 9.05. The predicted octanol–water partition coefficient (Wildman–Crippen LogP) is 3.78. The van der Waals surface area contributed by atoms with E-state index in [1.807, 2.05) is 24.3 Å². The Kier molecular flexibility index (Phi) is 3.09. The molecule has 0 saturated carbocycles. The normalized spacial score (nSPS) is 10.8. The van der Waals surface area contributed by atoms with Gasteiger partial charge >= 0.3 is 0 Å². The van der Waals surface area contributed by atoms with Gasteiger partial charge in [-0.25, -0.2) is 9.50 Å². The van der Waals surface area contributed by atoms with Gasteiger partial charge in [-0.05, 0) is 46.9 Å². The summed E-state index contributed by atoms with van der Waals surface area (Å²) in [5.74, 6) is 1.31. The van der Waals surface area contributed by atoms with Crippen LogP contribution in [0.15, 0.2) is 42.9 Å². The Morgan fingerprint density at radius 3 is 2.94 bits per heavy atom. The molecule has 0 saturated heterocycles. The van der Waals surface area contributed by atoms with Gasteiger partial charge in [-0.1, -0.05) is 11.6 Å². The van der Waals surface area contributed by atoms with Gasteiger partial charge in [-0.3, -0.25) is 0 Å². The van der Waals surface area contributed by atoms with Gasteiger partial charge in [-0.15, -0.1) is 0 Å². The summed E-state index contributed by atoms with van der Waals surface area (Å²) < 4.78 is 8.46. The topological polar surface area (TPSA) is 39.4 Å². The molecule has 6 heteroatoms. The summed E-state index contributed by atoms with van der Waals surface area (Å²) >= 11 is 8.32. The lowest BCUT2D eigenvalue weighted by atomic mass is 10.3. The monoisotopic (exact) mass is 371 g/mol. The number of hydrogen-bond donors (Lipinski definition) is 0. The van der Waals surface area contributed by atoms with E-state index in [1.165, 1.54) is 6.33 Å². The van der Waals surface area contributed by atoms with Crippen molar-refractivity contribution in [2.24, 2.45) is 0 Å². The van der Waals surface area contributed by atoms with Crippen LogP contribution in [0.25, 0.3) is 5.65 Å². The van der Waals surface area contributed by atoms with Gasteiger partial charge in [0.2, 0.25) is 0 Å². The van der Waals surface area contributed by atoms with Crippen LogP contribution < -0.4 is 4.74 Å². The highest BCUT2D eigenvalue weighted by Crippen LogP contribution is 2.30. The Labute approximate surface area is 122 Å². The molecule has 0 spiro atoms. The van der Waals surface area contributed by atoms with Gasteiger partial charge in [0.15, 0.2) is 5.65 Å². The quantitative estimate of drug-likeness (QED) is 0.644. The van der Waals surface area contributed by atoms with Crippen LogP contribution in [0.3, 0.4) is 0 Å². The molecule has 0 unspecified atom stereocenters. The third-order valence-electron chi connectivity index (χ3n) is 2.37. The molecule has 2 aromatic heterocycles. The SMILES string of the molecule is Clc1cc(I)ccc1Oc1ccn2ncnc2c1. The average Bonchev–Trinajstić information content (AvgIpc) is 2.80. The van der Waals surface area contributed by atoms with Gasteiger partial charge in [0.25, 0.3) is 0 Å². The molecule has 1 aromatic carbocycles. The van der Waals surface area contributed by atoms with E-state index in [4.69, 9.17) is 16.3 Å². The number of fused-ring (bicyclic) bond motifs is 1. The van der Waals surface area contributed by atoms with Crippen LogP contribution in [-0.2, 0) is 0 Å². The van der Waals surface area contributed by atoms with Crippen molar-refractivity contribution in [1.82, 2.24) is 14.6 Å². The maximum atomic E-state index is 6.11. The molecule has 90 valence electrons. The fraction of sp³-hybridized carbons (Fsp3) is 0. The first-order valence-electron chi connectivity index (χ1n) is 5.15. The number of pyridine rings is 1. The molecular formula is C12H7ClIN3O. The van der Waals surface area contributed by atoms with E-state index in [1.54, 1.807) is 16.8 Å². The van der Waals surface area contributed by atoms with Crippen molar-refractivity contribution in [3.05, 3.63) is 51.4 Å². The molecule has 2 heterocycles. The molecule has 0 aliphatic carbocycles. The minimum absolute atomic E-state index is 0.586. The first-order chi connectivity index (χ1) is 8.72. The number of hydrogen-bond acceptors (Lipinski definition) is 3. The van der Waals surface area contributed by atoms with Crippen molar-refractivity contribution in [2.45, 2.75) is 0 Å². The van der Waals surface area contributed by atoms with E-state index in [0.717, 1.165) is 9.22 Å². The molecule has 0 radical (unpaired) electrons. The summed E-state index contributed by atoms with van der Waals surface area (Å²) in [7, 11) is 0. The van der Waals surface area contributed by atoms with E-state index in [0.29, 0.717) is 16.5 Å². The summed E-state index contributed by atoms with van der Waals surface area (Å²) in [5.41, 5.74) is 0.731. The molecular weight excluding hydrogens is 365 g/mol. The number of rotatable bonds is 2. The van der Waals surface area contributed by atoms with Crippen LogP contribution in [0.2, 0.25) is 5.02 Å². The first-order valence-corrected chi connectivity index (χ1v) is 6.60. The lowest BCUT2D eigenvalue weighted by Gasteiger charge is -2.07. The third-order valence-corrected chi connectivity index (χ3v) is 3.34. The molecule has 3 rings (SSSR count). The Morgan fingerprint density at radius 1 is 1.22 bits per heavy atom. The second-order valence-electron chi connectivity index (χ2n) is 3.60. The molecule has 0 atom stereocenters. The minimum Gasteiger partial charge on any atom is -0.456 e. The highest BCUT2D eigenvalue weighted by Gasteiger charge is 2.05. The van der Waals surface area contributed by atoms with Crippen LogP contribution in [0.1, 0.15) is 0 Å². The molecule has 18 heavy (non-hydrogen) atoms. The van der Waals surface area contributed by atoms with Crippen molar-refractivity contribution in [1.29, 1.82) is 0 Å². The largest absolute Gasteiger partial charge is 0.456 e. The first kappa shape index (κ1) is 11.7. The Morgan fingerprint density at radius 2 is 2.11 bits per heavy atom. The van der Waals surface area contributed by atoms with Gasteiger partial charge in [0, 0.05) is 15.8 Å². The number of benzene rings is 1. The summed E-state index contributed by atoms with van der Waals surface area (Å²) in [6.45, 7) is 0. The standard InChI is InChI=1S/C12H7ClIN3O/c13-10-5-8(14)1-2-11(10)18-9-3-4-17-12(6-9)15-7-16-17/h1-7H. The van der Waals surface area contributed by atoms with Gasteiger partial charge < -0.3 is 4.74 Å². The number of nitrogens with zero attached hydrogens (tertiary/aromatic N) is 3. The Bertz CT molecular complexity index is 713. The molecule has 0 aliphatic heterocycles. The van der Waals surface area contributed by atoms with Crippen molar-refractivity contribution < 1.29 is 4.74 Å². The molecule has 4 nitrogen and oxygen atoms in total. The average molecular weight is 372 g/mol. The summed E-state index contributed by atoms with van der Waals surface area (Å²) in [4.78, 5) is 4.10. The maximum Gasteiger partial charge on any atom is 0.158 e. The lowest BCUT2D eigenvalue weighted by molar-refractivity contribution is 0.482. The number of aromatic nitrogens is 3. The van der Waals surface area contributed by atoms with Crippen molar-refractivity contribution in [3.8, 4) is 11.5 Å². The molecule has 3 aromatic rings. The zero-order valence-corrected chi connectivity index (χ0v) is 12.0. The highest BCUT2D eigenvalue weighted by atomic mass is 127. The second kappa shape index (κ2) is 4.74. The fourth-order valence-corrected chi connectivity index (χ4v) is 2.44. The van der Waals surface area contributed by atoms with Crippen LogP contribution in [0.5, 0.6) is 11.5 Å². The summed E-state index contributed by atoms with van der Waals surface area (Å²) in [6.07, 6.45) is 3.29. The smallest absolute Gasteiger partial charge is 0.158 e. The Balaban J connectivity index is 1.95.